The molecule has 0 aromatic rings. The van der Waals surface area contributed by atoms with Gasteiger partial charge in [-0.05, 0) is 18.3 Å². The maximum Gasteiger partial charge on any atom is 0.0678 e. The Morgan fingerprint density at radius 2 is 2.18 bits per heavy atom. The summed E-state index contributed by atoms with van der Waals surface area (Å²) < 4.78 is 5.67. The Kier molecular flexibility index (Phi) is 1.63. The lowest BCUT2D eigenvalue weighted by Gasteiger charge is -2.09. The van der Waals surface area contributed by atoms with Crippen molar-refractivity contribution in [1.29, 1.82) is 0 Å². The minimum Gasteiger partial charge on any atom is -0.377 e. The van der Waals surface area contributed by atoms with Crippen LogP contribution in [0.15, 0.2) is 0 Å². The van der Waals surface area contributed by atoms with E-state index in [2.05, 4.69) is 29.8 Å². The Balaban J connectivity index is 2.01. The first kappa shape index (κ1) is 8.06. The van der Waals surface area contributed by atoms with Gasteiger partial charge in [-0.3, -0.25) is 0 Å². The smallest absolute Gasteiger partial charge is 0.0678 e. The topological polar surface area (TPSA) is 9.23 Å². The van der Waals surface area contributed by atoms with Crippen molar-refractivity contribution in [2.24, 2.45) is 10.8 Å². The molecule has 0 radical (unpaired) electrons. The first-order valence-corrected chi connectivity index (χ1v) is 5.39. The van der Waals surface area contributed by atoms with Crippen LogP contribution in [0.4, 0.5) is 0 Å². The molecule has 1 aliphatic carbocycles. The zero-order valence-electron chi connectivity index (χ0n) is 7.19. The van der Waals surface area contributed by atoms with Crippen LogP contribution in [0.3, 0.4) is 0 Å². The number of halogens is 1. The second kappa shape index (κ2) is 2.23. The van der Waals surface area contributed by atoms with E-state index < -0.39 is 0 Å². The Morgan fingerprint density at radius 3 is 2.45 bits per heavy atom. The molecule has 2 atom stereocenters. The molecule has 2 heteroatoms. The van der Waals surface area contributed by atoms with Gasteiger partial charge in [0.25, 0.3) is 0 Å². The number of hydrogen-bond donors (Lipinski definition) is 0. The van der Waals surface area contributed by atoms with Crippen LogP contribution in [0, 0.1) is 10.8 Å². The molecule has 2 rings (SSSR count). The fourth-order valence-corrected chi connectivity index (χ4v) is 2.74. The third-order valence-corrected chi connectivity index (χ3v) is 4.20. The summed E-state index contributed by atoms with van der Waals surface area (Å²) in [5.74, 6) is 0. The Labute approximate surface area is 76.6 Å². The lowest BCUT2D eigenvalue weighted by atomic mass is 9.93. The summed E-state index contributed by atoms with van der Waals surface area (Å²) in [7, 11) is 0. The van der Waals surface area contributed by atoms with E-state index in [4.69, 9.17) is 4.74 Å². The lowest BCUT2D eigenvalue weighted by Crippen LogP contribution is -2.09. The van der Waals surface area contributed by atoms with Gasteiger partial charge in [0.15, 0.2) is 0 Å². The summed E-state index contributed by atoms with van der Waals surface area (Å²) >= 11 is 3.47. The number of ether oxygens (including phenoxy) is 1. The summed E-state index contributed by atoms with van der Waals surface area (Å²) in [5, 5.41) is 1.00. The van der Waals surface area contributed by atoms with Gasteiger partial charge in [-0.1, -0.05) is 29.8 Å². The molecule has 1 saturated carbocycles. The molecular weight excluding hydrogens is 204 g/mol. The second-order valence-corrected chi connectivity index (χ2v) is 5.28. The third kappa shape index (κ3) is 1.06. The van der Waals surface area contributed by atoms with Crippen LogP contribution in [0.5, 0.6) is 0 Å². The van der Waals surface area contributed by atoms with Gasteiger partial charge in [0.2, 0.25) is 0 Å². The molecule has 0 amide bonds. The first-order chi connectivity index (χ1) is 5.10. The molecule has 1 saturated heterocycles. The predicted octanol–water partition coefficient (Wildman–Crippen LogP) is 2.59. The molecule has 2 aliphatic rings. The average molecular weight is 219 g/mol. The quantitative estimate of drug-likeness (QED) is 0.616. The molecule has 0 bridgehead atoms. The van der Waals surface area contributed by atoms with Crippen LogP contribution in [0.2, 0.25) is 0 Å². The zero-order valence-corrected chi connectivity index (χ0v) is 8.78. The maximum absolute atomic E-state index is 5.67. The van der Waals surface area contributed by atoms with E-state index in [9.17, 15) is 0 Å². The Hall–Kier alpha value is 0.440. The molecule has 0 N–H and O–H groups in total. The molecule has 0 aromatic heterocycles. The highest BCUT2D eigenvalue weighted by molar-refractivity contribution is 9.09. The molecule has 64 valence electrons. The highest BCUT2D eigenvalue weighted by Crippen LogP contribution is 2.68. The van der Waals surface area contributed by atoms with Gasteiger partial charge in [-0.2, -0.15) is 0 Å². The molecule has 0 unspecified atom stereocenters. The van der Waals surface area contributed by atoms with Crippen LogP contribution in [-0.2, 0) is 4.74 Å². The van der Waals surface area contributed by atoms with Gasteiger partial charge in [0, 0.05) is 10.7 Å². The maximum atomic E-state index is 5.67. The van der Waals surface area contributed by atoms with Crippen molar-refractivity contribution in [3.63, 3.8) is 0 Å². The fourth-order valence-electron chi connectivity index (χ4n) is 2.33. The van der Waals surface area contributed by atoms with Crippen molar-refractivity contribution in [2.75, 3.05) is 11.9 Å². The van der Waals surface area contributed by atoms with E-state index in [1.807, 2.05) is 0 Å². The van der Waals surface area contributed by atoms with Crippen LogP contribution < -0.4 is 0 Å². The Morgan fingerprint density at radius 1 is 1.55 bits per heavy atom. The second-order valence-electron chi connectivity index (χ2n) is 4.63. The van der Waals surface area contributed by atoms with Crippen molar-refractivity contribution in [1.82, 2.24) is 0 Å². The monoisotopic (exact) mass is 218 g/mol. The van der Waals surface area contributed by atoms with Crippen molar-refractivity contribution < 1.29 is 4.74 Å². The van der Waals surface area contributed by atoms with Crippen LogP contribution >= 0.6 is 15.9 Å². The molecule has 2 fully saturated rings. The van der Waals surface area contributed by atoms with E-state index >= 15 is 0 Å². The molecule has 1 heterocycles. The molecule has 0 aromatic carbocycles. The van der Waals surface area contributed by atoms with Crippen LogP contribution in [0.25, 0.3) is 0 Å². The van der Waals surface area contributed by atoms with E-state index in [-0.39, 0.29) is 0 Å². The standard InChI is InChI=1S/C9H15BrO/c1-8(2)5-9(8)3-7(4-10)11-6-9/h7H,3-6H2,1-2H3/t7-,9+/m0/s1. The van der Waals surface area contributed by atoms with Gasteiger partial charge >= 0.3 is 0 Å². The largest absolute Gasteiger partial charge is 0.377 e. The number of rotatable bonds is 1. The van der Waals surface area contributed by atoms with Crippen molar-refractivity contribution in [3.05, 3.63) is 0 Å². The summed E-state index contributed by atoms with van der Waals surface area (Å²) in [6, 6.07) is 0. The van der Waals surface area contributed by atoms with Crippen molar-refractivity contribution >= 4 is 15.9 Å². The van der Waals surface area contributed by atoms with Gasteiger partial charge in [0.05, 0.1) is 12.7 Å². The van der Waals surface area contributed by atoms with Gasteiger partial charge < -0.3 is 4.74 Å². The first-order valence-electron chi connectivity index (χ1n) is 4.27. The van der Waals surface area contributed by atoms with Gasteiger partial charge in [-0.15, -0.1) is 0 Å². The SMILES string of the molecule is CC1(C)C[C@]12CO[C@H](CBr)C2. The minimum atomic E-state index is 0.483. The van der Waals surface area contributed by atoms with Crippen LogP contribution in [0.1, 0.15) is 26.7 Å². The van der Waals surface area contributed by atoms with E-state index in [1.165, 1.54) is 12.8 Å². The average Bonchev–Trinajstić information content (AvgIpc) is 2.35. The summed E-state index contributed by atoms with van der Waals surface area (Å²) in [4.78, 5) is 0. The minimum absolute atomic E-state index is 0.483. The summed E-state index contributed by atoms with van der Waals surface area (Å²) in [5.41, 5.74) is 1.12. The lowest BCUT2D eigenvalue weighted by molar-refractivity contribution is 0.118. The highest BCUT2D eigenvalue weighted by atomic mass is 79.9. The summed E-state index contributed by atoms with van der Waals surface area (Å²) in [6.07, 6.45) is 3.12. The predicted molar refractivity (Wildman–Crippen MR) is 49.0 cm³/mol. The van der Waals surface area contributed by atoms with Gasteiger partial charge in [0.1, 0.15) is 0 Å². The highest BCUT2D eigenvalue weighted by Gasteiger charge is 2.64. The van der Waals surface area contributed by atoms with E-state index in [1.54, 1.807) is 0 Å². The van der Waals surface area contributed by atoms with E-state index in [0.29, 0.717) is 16.9 Å². The third-order valence-electron chi connectivity index (χ3n) is 3.48. The number of hydrogen-bond acceptors (Lipinski definition) is 1. The fraction of sp³-hybridized carbons (Fsp3) is 1.00. The molecular formula is C9H15BrO. The molecule has 1 nitrogen and oxygen atoms in total. The Bertz CT molecular complexity index is 178. The molecule has 1 spiro atoms. The molecule has 11 heavy (non-hydrogen) atoms. The van der Waals surface area contributed by atoms with Crippen LogP contribution in [-0.4, -0.2) is 18.0 Å². The summed E-state index contributed by atoms with van der Waals surface area (Å²) in [6.45, 7) is 5.70. The normalized spacial score (nSPS) is 46.6. The number of alkyl halides is 1. The van der Waals surface area contributed by atoms with Crippen molar-refractivity contribution in [2.45, 2.75) is 32.8 Å². The zero-order chi connectivity index (χ0) is 8.11. The van der Waals surface area contributed by atoms with Gasteiger partial charge in [-0.25, -0.2) is 0 Å². The van der Waals surface area contributed by atoms with E-state index in [0.717, 1.165) is 11.9 Å². The van der Waals surface area contributed by atoms with Crippen molar-refractivity contribution in [3.8, 4) is 0 Å². The molecule has 1 aliphatic heterocycles.